The van der Waals surface area contributed by atoms with Crippen LogP contribution in [-0.2, 0) is 34.5 Å². The van der Waals surface area contributed by atoms with Gasteiger partial charge in [0, 0.05) is 0 Å². The minimum atomic E-state index is -4.57. The van der Waals surface area contributed by atoms with Gasteiger partial charge in [0.1, 0.15) is 5.75 Å². The quantitative estimate of drug-likeness (QED) is 0.313. The molecule has 0 heterocycles. The zero-order valence-corrected chi connectivity index (χ0v) is 18.9. The van der Waals surface area contributed by atoms with Gasteiger partial charge in [0.15, 0.2) is 0 Å². The van der Waals surface area contributed by atoms with Crippen LogP contribution in [0.3, 0.4) is 0 Å². The van der Waals surface area contributed by atoms with Crippen molar-refractivity contribution < 1.29 is 32.1 Å². The average Bonchev–Trinajstić information content (AvgIpc) is 2.79. The van der Waals surface area contributed by atoms with Gasteiger partial charge in [0.2, 0.25) is 0 Å². The highest BCUT2D eigenvalue weighted by atomic mass is 31.1. The molecule has 0 aliphatic rings. The van der Waals surface area contributed by atoms with Crippen molar-refractivity contribution in [3.63, 3.8) is 0 Å². The molecule has 1 atom stereocenters. The van der Waals surface area contributed by atoms with Crippen molar-refractivity contribution >= 4 is 8.69 Å². The molecule has 0 radical (unpaired) electrons. The monoisotopic (exact) mass is 471 g/mol. The first-order chi connectivity index (χ1) is 15.2. The van der Waals surface area contributed by atoms with Crippen molar-refractivity contribution in [3.05, 3.63) is 64.7 Å². The second-order valence-electron chi connectivity index (χ2n) is 7.82. The van der Waals surface area contributed by atoms with Gasteiger partial charge in [0.25, 0.3) is 0 Å². The lowest BCUT2D eigenvalue weighted by Gasteiger charge is -2.25. The van der Waals surface area contributed by atoms with Crippen molar-refractivity contribution in [2.75, 3.05) is 19.8 Å². The SMILES string of the molecule is CCc1ccc(CCCOc2ccc(CCC(N)(CO)COP=O)cc2C(F)(F)F)cc1. The van der Waals surface area contributed by atoms with Gasteiger partial charge in [-0.1, -0.05) is 37.3 Å². The van der Waals surface area contributed by atoms with Crippen LogP contribution in [0.5, 0.6) is 5.75 Å². The third kappa shape index (κ3) is 8.17. The van der Waals surface area contributed by atoms with Crippen LogP contribution in [0.1, 0.15) is 42.0 Å². The third-order valence-corrected chi connectivity index (χ3v) is 5.51. The van der Waals surface area contributed by atoms with Crippen LogP contribution in [-0.4, -0.2) is 30.5 Å². The summed E-state index contributed by atoms with van der Waals surface area (Å²) in [4.78, 5) is 0. The zero-order chi connectivity index (χ0) is 23.6. The highest BCUT2D eigenvalue weighted by Gasteiger charge is 2.35. The molecule has 5 nitrogen and oxygen atoms in total. The summed E-state index contributed by atoms with van der Waals surface area (Å²) in [5, 5.41) is 9.44. The molecule has 0 aliphatic heterocycles. The van der Waals surface area contributed by atoms with Gasteiger partial charge >= 0.3 is 14.9 Å². The van der Waals surface area contributed by atoms with E-state index < -0.39 is 32.6 Å². The van der Waals surface area contributed by atoms with Gasteiger partial charge < -0.3 is 15.6 Å². The zero-order valence-electron chi connectivity index (χ0n) is 18.0. The Morgan fingerprint density at radius 2 is 1.69 bits per heavy atom. The van der Waals surface area contributed by atoms with E-state index in [1.54, 1.807) is 6.07 Å². The molecular formula is C23H29F3NO4P. The van der Waals surface area contributed by atoms with Crippen LogP contribution >= 0.6 is 8.69 Å². The highest BCUT2D eigenvalue weighted by molar-refractivity contribution is 7.17. The van der Waals surface area contributed by atoms with Gasteiger partial charge in [-0.2, -0.15) is 13.2 Å². The first-order valence-corrected chi connectivity index (χ1v) is 11.2. The van der Waals surface area contributed by atoms with Crippen molar-refractivity contribution in [3.8, 4) is 5.75 Å². The highest BCUT2D eigenvalue weighted by Crippen LogP contribution is 2.37. The Morgan fingerprint density at radius 1 is 1.03 bits per heavy atom. The topological polar surface area (TPSA) is 81.8 Å². The predicted octanol–water partition coefficient (Wildman–Crippen LogP) is 5.13. The van der Waals surface area contributed by atoms with E-state index in [1.165, 1.54) is 11.6 Å². The predicted molar refractivity (Wildman–Crippen MR) is 117 cm³/mol. The van der Waals surface area contributed by atoms with Gasteiger partial charge in [0.05, 0.1) is 30.9 Å². The summed E-state index contributed by atoms with van der Waals surface area (Å²) in [6.45, 7) is 1.62. The number of aliphatic hydroxyl groups is 1. The lowest BCUT2D eigenvalue weighted by atomic mass is 9.93. The molecule has 9 heteroatoms. The van der Waals surface area contributed by atoms with Crippen molar-refractivity contribution in [1.82, 2.24) is 0 Å². The smallest absolute Gasteiger partial charge is 0.419 e. The lowest BCUT2D eigenvalue weighted by molar-refractivity contribution is -0.139. The van der Waals surface area contributed by atoms with Crippen LogP contribution < -0.4 is 10.5 Å². The van der Waals surface area contributed by atoms with E-state index in [-0.39, 0.29) is 31.8 Å². The normalized spacial score (nSPS) is 13.8. The molecule has 0 spiro atoms. The molecule has 32 heavy (non-hydrogen) atoms. The first kappa shape index (κ1) is 26.3. The molecule has 0 fully saturated rings. The molecule has 0 bridgehead atoms. The van der Waals surface area contributed by atoms with E-state index in [4.69, 9.17) is 15.0 Å². The number of aliphatic hydroxyl groups excluding tert-OH is 1. The summed E-state index contributed by atoms with van der Waals surface area (Å²) in [5.74, 6) is -0.211. The van der Waals surface area contributed by atoms with Crippen LogP contribution in [0.15, 0.2) is 42.5 Å². The molecule has 0 aliphatic carbocycles. The van der Waals surface area contributed by atoms with Crippen molar-refractivity contribution in [1.29, 1.82) is 0 Å². The minimum Gasteiger partial charge on any atom is -0.493 e. The molecule has 1 unspecified atom stereocenters. The van der Waals surface area contributed by atoms with Crippen LogP contribution in [0.25, 0.3) is 0 Å². The number of aryl methyl sites for hydroxylation is 3. The number of alkyl halides is 3. The first-order valence-electron chi connectivity index (χ1n) is 10.5. The van der Waals surface area contributed by atoms with Gasteiger partial charge in [-0.05, 0) is 60.9 Å². The molecule has 3 N–H and O–H groups in total. The number of halogens is 3. The molecule has 0 saturated carbocycles. The molecule has 2 rings (SSSR count). The van der Waals surface area contributed by atoms with Gasteiger partial charge in [-0.3, -0.25) is 4.52 Å². The molecule has 2 aromatic rings. The molecule has 176 valence electrons. The molecular weight excluding hydrogens is 442 g/mol. The maximum atomic E-state index is 13.6. The Kier molecular flexibility index (Phi) is 10.1. The standard InChI is InChI=1S/C23H29F3NO4P/c1-2-17-5-7-18(8-6-17)4-3-13-30-21-10-9-19(14-20(21)23(24,25)26)11-12-22(27,15-28)16-31-32-29/h5-10,14,28H,2-4,11-13,15-16,27H2,1H3. The summed E-state index contributed by atoms with van der Waals surface area (Å²) < 4.78 is 61.4. The summed E-state index contributed by atoms with van der Waals surface area (Å²) >= 11 is 0. The number of hydrogen-bond donors (Lipinski definition) is 2. The summed E-state index contributed by atoms with van der Waals surface area (Å²) in [6, 6.07) is 12.1. The molecule has 0 saturated heterocycles. The Labute approximate surface area is 188 Å². The lowest BCUT2D eigenvalue weighted by Crippen LogP contribution is -2.47. The van der Waals surface area contributed by atoms with Crippen molar-refractivity contribution in [2.24, 2.45) is 5.73 Å². The Hall–Kier alpha value is -1.99. The Balaban J connectivity index is 1.99. The molecule has 0 aromatic heterocycles. The maximum Gasteiger partial charge on any atom is 0.419 e. The van der Waals surface area contributed by atoms with E-state index in [2.05, 4.69) is 19.1 Å². The fourth-order valence-electron chi connectivity index (χ4n) is 3.23. The third-order valence-electron chi connectivity index (χ3n) is 5.28. The fourth-order valence-corrected chi connectivity index (χ4v) is 3.53. The second-order valence-corrected chi connectivity index (χ2v) is 8.23. The van der Waals surface area contributed by atoms with E-state index in [0.717, 1.165) is 18.1 Å². The Bertz CT molecular complexity index is 861. The second kappa shape index (κ2) is 12.3. The summed E-state index contributed by atoms with van der Waals surface area (Å²) in [6.07, 6.45) is -1.95. The molecule has 2 aromatic carbocycles. The van der Waals surface area contributed by atoms with Crippen LogP contribution in [0.2, 0.25) is 0 Å². The van der Waals surface area contributed by atoms with Crippen LogP contribution in [0.4, 0.5) is 13.2 Å². The number of rotatable bonds is 13. The summed E-state index contributed by atoms with van der Waals surface area (Å²) in [7, 11) is -0.573. The Morgan fingerprint density at radius 3 is 2.28 bits per heavy atom. The minimum absolute atomic E-state index is 0.160. The van der Waals surface area contributed by atoms with Gasteiger partial charge in [-0.15, -0.1) is 0 Å². The number of hydrogen-bond acceptors (Lipinski definition) is 5. The largest absolute Gasteiger partial charge is 0.493 e. The van der Waals surface area contributed by atoms with E-state index in [0.29, 0.717) is 18.4 Å². The number of nitrogens with two attached hydrogens (primary N) is 1. The van der Waals surface area contributed by atoms with Crippen LogP contribution in [0, 0.1) is 0 Å². The number of benzene rings is 2. The van der Waals surface area contributed by atoms with E-state index in [9.17, 15) is 22.8 Å². The number of ether oxygens (including phenoxy) is 1. The van der Waals surface area contributed by atoms with E-state index >= 15 is 0 Å². The summed E-state index contributed by atoms with van der Waals surface area (Å²) in [5.41, 5.74) is 6.69. The average molecular weight is 471 g/mol. The van der Waals surface area contributed by atoms with Gasteiger partial charge in [-0.25, -0.2) is 4.57 Å². The molecule has 0 amide bonds. The maximum absolute atomic E-state index is 13.6. The fraction of sp³-hybridized carbons (Fsp3) is 0.478. The van der Waals surface area contributed by atoms with Crippen molar-refractivity contribution in [2.45, 2.75) is 50.7 Å². The van der Waals surface area contributed by atoms with E-state index in [1.807, 2.05) is 12.1 Å².